The van der Waals surface area contributed by atoms with E-state index in [1.807, 2.05) is 0 Å². The molecule has 0 heterocycles. The molecule has 1 aliphatic carbocycles. The van der Waals surface area contributed by atoms with E-state index in [1.54, 1.807) is 22.3 Å². The maximum atomic E-state index is 2.33. The van der Waals surface area contributed by atoms with E-state index in [0.717, 1.165) is 0 Å². The lowest BCUT2D eigenvalue weighted by Gasteiger charge is -2.18. The monoisotopic (exact) mass is 192 g/mol. The molecule has 80 valence electrons. The summed E-state index contributed by atoms with van der Waals surface area (Å²) in [4.78, 5) is 0. The van der Waals surface area contributed by atoms with Gasteiger partial charge in [0.25, 0.3) is 0 Å². The fraction of sp³-hybridized carbons (Fsp3) is 0.714. The van der Waals surface area contributed by atoms with Crippen molar-refractivity contribution < 1.29 is 0 Å². The summed E-state index contributed by atoms with van der Waals surface area (Å²) in [6, 6.07) is 0. The van der Waals surface area contributed by atoms with E-state index in [4.69, 9.17) is 0 Å². The maximum Gasteiger partial charge on any atom is -0.00993 e. The van der Waals surface area contributed by atoms with Crippen molar-refractivity contribution in [2.45, 2.75) is 54.4 Å². The fourth-order valence-electron chi connectivity index (χ4n) is 2.77. The molecule has 0 spiro atoms. The summed E-state index contributed by atoms with van der Waals surface area (Å²) in [7, 11) is 0. The van der Waals surface area contributed by atoms with Crippen LogP contribution in [0.15, 0.2) is 22.3 Å². The third-order valence-electron chi connectivity index (χ3n) is 3.19. The number of allylic oxidation sites excluding steroid dienone is 4. The molecule has 0 heteroatoms. The third-order valence-corrected chi connectivity index (χ3v) is 3.19. The Balaban J connectivity index is 3.12. The Hall–Kier alpha value is -0.520. The summed E-state index contributed by atoms with van der Waals surface area (Å²) in [5.74, 6) is 1.39. The lowest BCUT2D eigenvalue weighted by atomic mass is 9.87. The number of hydrogen-bond donors (Lipinski definition) is 0. The van der Waals surface area contributed by atoms with Crippen molar-refractivity contribution in [1.82, 2.24) is 0 Å². The Labute approximate surface area is 89.1 Å². The lowest BCUT2D eigenvalue weighted by Crippen LogP contribution is -2.04. The van der Waals surface area contributed by atoms with E-state index in [-0.39, 0.29) is 0 Å². The third kappa shape index (κ3) is 1.94. The first kappa shape index (κ1) is 11.6. The molecule has 0 amide bonds. The van der Waals surface area contributed by atoms with Gasteiger partial charge in [-0.25, -0.2) is 0 Å². The Morgan fingerprint density at radius 3 is 1.86 bits per heavy atom. The van der Waals surface area contributed by atoms with Crippen LogP contribution in [0.25, 0.3) is 0 Å². The number of hydrogen-bond acceptors (Lipinski definition) is 0. The van der Waals surface area contributed by atoms with Crippen LogP contribution in [-0.2, 0) is 0 Å². The molecule has 0 fully saturated rings. The van der Waals surface area contributed by atoms with Gasteiger partial charge in [-0.1, -0.05) is 45.8 Å². The van der Waals surface area contributed by atoms with Gasteiger partial charge in [0.15, 0.2) is 0 Å². The minimum atomic E-state index is 0.691. The first-order chi connectivity index (χ1) is 6.49. The zero-order valence-electron chi connectivity index (χ0n) is 10.6. The van der Waals surface area contributed by atoms with Crippen LogP contribution in [0.4, 0.5) is 0 Å². The maximum absolute atomic E-state index is 2.33. The Bertz CT molecular complexity index is 274. The Morgan fingerprint density at radius 1 is 1.00 bits per heavy atom. The van der Waals surface area contributed by atoms with E-state index in [2.05, 4.69) is 41.5 Å². The van der Waals surface area contributed by atoms with Crippen LogP contribution in [0.5, 0.6) is 0 Å². The molecule has 1 aliphatic rings. The predicted octanol–water partition coefficient (Wildman–Crippen LogP) is 4.73. The first-order valence-electron chi connectivity index (χ1n) is 5.90. The molecule has 0 aromatic carbocycles. The van der Waals surface area contributed by atoms with E-state index >= 15 is 0 Å². The van der Waals surface area contributed by atoms with Gasteiger partial charge in [-0.3, -0.25) is 0 Å². The predicted molar refractivity (Wildman–Crippen MR) is 64.3 cm³/mol. The number of rotatable bonds is 3. The van der Waals surface area contributed by atoms with Gasteiger partial charge in [-0.2, -0.15) is 0 Å². The van der Waals surface area contributed by atoms with Crippen molar-refractivity contribution in [3.05, 3.63) is 22.3 Å². The normalized spacial score (nSPS) is 18.0. The van der Waals surface area contributed by atoms with Crippen LogP contribution in [0.1, 0.15) is 54.4 Å². The second-order valence-electron chi connectivity index (χ2n) is 5.05. The topological polar surface area (TPSA) is 0 Å². The Morgan fingerprint density at radius 2 is 1.50 bits per heavy atom. The highest BCUT2D eigenvalue weighted by Crippen LogP contribution is 2.41. The average Bonchev–Trinajstić information content (AvgIpc) is 2.41. The van der Waals surface area contributed by atoms with Gasteiger partial charge < -0.3 is 0 Å². The molecule has 0 N–H and O–H groups in total. The van der Waals surface area contributed by atoms with Crippen LogP contribution < -0.4 is 0 Å². The largest absolute Gasteiger partial charge is 0.0655 e. The smallest absolute Gasteiger partial charge is 0.00993 e. The fourth-order valence-corrected chi connectivity index (χ4v) is 2.77. The highest BCUT2D eigenvalue weighted by molar-refractivity contribution is 5.48. The molecule has 0 saturated carbocycles. The van der Waals surface area contributed by atoms with E-state index in [0.29, 0.717) is 11.8 Å². The summed E-state index contributed by atoms with van der Waals surface area (Å²) in [5.41, 5.74) is 6.61. The van der Waals surface area contributed by atoms with Crippen LogP contribution in [0, 0.1) is 11.8 Å². The average molecular weight is 192 g/mol. The molecule has 1 rings (SSSR count). The van der Waals surface area contributed by atoms with E-state index in [1.165, 1.54) is 12.8 Å². The molecule has 0 nitrogen and oxygen atoms in total. The molecule has 0 unspecified atom stereocenters. The van der Waals surface area contributed by atoms with Gasteiger partial charge in [0.05, 0.1) is 0 Å². The molecule has 0 saturated heterocycles. The quantitative estimate of drug-likeness (QED) is 0.606. The van der Waals surface area contributed by atoms with E-state index < -0.39 is 0 Å². The summed E-state index contributed by atoms with van der Waals surface area (Å²) in [6.07, 6.45) is 2.46. The Kier molecular flexibility index (Phi) is 3.58. The van der Waals surface area contributed by atoms with Crippen LogP contribution >= 0.6 is 0 Å². The van der Waals surface area contributed by atoms with Crippen LogP contribution in [0.2, 0.25) is 0 Å². The lowest BCUT2D eigenvalue weighted by molar-refractivity contribution is 0.696. The molecule has 0 aliphatic heterocycles. The van der Waals surface area contributed by atoms with Crippen molar-refractivity contribution in [1.29, 1.82) is 0 Å². The van der Waals surface area contributed by atoms with Gasteiger partial charge in [0, 0.05) is 0 Å². The molecule has 0 aromatic rings. The summed E-state index contributed by atoms with van der Waals surface area (Å²) >= 11 is 0. The molecule has 0 aromatic heterocycles. The molecule has 0 bridgehead atoms. The standard InChI is InChI=1S/C14H24/c1-7-12-8-11(6)13(9(2)3)14(12)10(4)5/h9-10H,7-8H2,1-6H3. The summed E-state index contributed by atoms with van der Waals surface area (Å²) < 4.78 is 0. The second-order valence-corrected chi connectivity index (χ2v) is 5.05. The highest BCUT2D eigenvalue weighted by Gasteiger charge is 2.24. The SMILES string of the molecule is CCC1=C(C(C)C)C(C(C)C)=C(C)C1. The zero-order valence-corrected chi connectivity index (χ0v) is 10.6. The molecular formula is C14H24. The van der Waals surface area contributed by atoms with Gasteiger partial charge >= 0.3 is 0 Å². The summed E-state index contributed by atoms with van der Waals surface area (Å²) in [6.45, 7) is 13.9. The van der Waals surface area contributed by atoms with Gasteiger partial charge in [-0.05, 0) is 42.7 Å². The zero-order chi connectivity index (χ0) is 10.9. The van der Waals surface area contributed by atoms with Crippen molar-refractivity contribution in [3.63, 3.8) is 0 Å². The molecule has 14 heavy (non-hydrogen) atoms. The second kappa shape index (κ2) is 4.33. The highest BCUT2D eigenvalue weighted by atomic mass is 14.3. The van der Waals surface area contributed by atoms with Crippen LogP contribution in [0.3, 0.4) is 0 Å². The molecule has 0 radical (unpaired) electrons. The van der Waals surface area contributed by atoms with Crippen molar-refractivity contribution >= 4 is 0 Å². The van der Waals surface area contributed by atoms with Crippen molar-refractivity contribution in [3.8, 4) is 0 Å². The minimum absolute atomic E-state index is 0.691. The van der Waals surface area contributed by atoms with Crippen molar-refractivity contribution in [2.75, 3.05) is 0 Å². The minimum Gasteiger partial charge on any atom is -0.0655 e. The van der Waals surface area contributed by atoms with Gasteiger partial charge in [0.2, 0.25) is 0 Å². The first-order valence-corrected chi connectivity index (χ1v) is 5.90. The van der Waals surface area contributed by atoms with E-state index in [9.17, 15) is 0 Å². The van der Waals surface area contributed by atoms with Crippen LogP contribution in [-0.4, -0.2) is 0 Å². The van der Waals surface area contributed by atoms with Gasteiger partial charge in [-0.15, -0.1) is 0 Å². The molecule has 0 atom stereocenters. The van der Waals surface area contributed by atoms with Crippen molar-refractivity contribution in [2.24, 2.45) is 11.8 Å². The molecular weight excluding hydrogens is 168 g/mol. The summed E-state index contributed by atoms with van der Waals surface area (Å²) in [5, 5.41) is 0. The van der Waals surface area contributed by atoms with Gasteiger partial charge in [0.1, 0.15) is 0 Å².